The first-order chi connectivity index (χ1) is 9.29. The van der Waals surface area contributed by atoms with Gasteiger partial charge in [-0.2, -0.15) is 0 Å². The smallest absolute Gasteiger partial charge is 0.0456 e. The molecule has 0 aromatic heterocycles. The SMILES string of the molecule is CC(CO)CCCNCc1ccc2ccccc2c1. The Morgan fingerprint density at radius 1 is 1.11 bits per heavy atom. The van der Waals surface area contributed by atoms with Crippen LogP contribution in [0.2, 0.25) is 0 Å². The second kappa shape index (κ2) is 7.27. The van der Waals surface area contributed by atoms with Crippen molar-refractivity contribution in [2.75, 3.05) is 13.2 Å². The summed E-state index contributed by atoms with van der Waals surface area (Å²) < 4.78 is 0. The maximum atomic E-state index is 8.95. The van der Waals surface area contributed by atoms with E-state index < -0.39 is 0 Å². The minimum absolute atomic E-state index is 0.296. The molecule has 0 fully saturated rings. The van der Waals surface area contributed by atoms with Gasteiger partial charge in [0.05, 0.1) is 0 Å². The zero-order valence-corrected chi connectivity index (χ0v) is 11.6. The maximum absolute atomic E-state index is 8.95. The first kappa shape index (κ1) is 14.0. The molecule has 0 heterocycles. The molecule has 0 saturated heterocycles. The molecule has 1 atom stereocenters. The summed E-state index contributed by atoms with van der Waals surface area (Å²) in [5, 5.41) is 15.0. The number of hydrogen-bond acceptors (Lipinski definition) is 2. The molecule has 0 aliphatic carbocycles. The molecule has 0 bridgehead atoms. The molecule has 2 aromatic rings. The van der Waals surface area contributed by atoms with Gasteiger partial charge in [0.1, 0.15) is 0 Å². The quantitative estimate of drug-likeness (QED) is 0.746. The Morgan fingerprint density at radius 2 is 1.89 bits per heavy atom. The van der Waals surface area contributed by atoms with Crippen molar-refractivity contribution in [3.63, 3.8) is 0 Å². The van der Waals surface area contributed by atoms with Crippen LogP contribution >= 0.6 is 0 Å². The molecule has 0 aliphatic rings. The van der Waals surface area contributed by atoms with Gasteiger partial charge in [0.25, 0.3) is 0 Å². The topological polar surface area (TPSA) is 32.3 Å². The molecule has 0 saturated carbocycles. The predicted molar refractivity (Wildman–Crippen MR) is 81.1 cm³/mol. The molecule has 2 nitrogen and oxygen atoms in total. The molecule has 1 unspecified atom stereocenters. The zero-order chi connectivity index (χ0) is 13.5. The van der Waals surface area contributed by atoms with E-state index in [0.717, 1.165) is 25.9 Å². The molecule has 0 spiro atoms. The van der Waals surface area contributed by atoms with Crippen molar-refractivity contribution in [1.82, 2.24) is 5.32 Å². The summed E-state index contributed by atoms with van der Waals surface area (Å²) in [5.74, 6) is 0.419. The third-order valence-electron chi connectivity index (χ3n) is 3.51. The van der Waals surface area contributed by atoms with Crippen LogP contribution in [-0.4, -0.2) is 18.3 Å². The van der Waals surface area contributed by atoms with Gasteiger partial charge in [0, 0.05) is 13.2 Å². The molecular weight excluding hydrogens is 234 g/mol. The summed E-state index contributed by atoms with van der Waals surface area (Å²) in [5.41, 5.74) is 1.33. The molecule has 2 rings (SSSR count). The Morgan fingerprint density at radius 3 is 2.68 bits per heavy atom. The Hall–Kier alpha value is -1.38. The van der Waals surface area contributed by atoms with E-state index in [0.29, 0.717) is 12.5 Å². The van der Waals surface area contributed by atoms with E-state index in [1.807, 2.05) is 0 Å². The van der Waals surface area contributed by atoms with E-state index in [1.54, 1.807) is 0 Å². The van der Waals surface area contributed by atoms with E-state index in [-0.39, 0.29) is 0 Å². The van der Waals surface area contributed by atoms with E-state index in [2.05, 4.69) is 54.7 Å². The summed E-state index contributed by atoms with van der Waals surface area (Å²) in [6.07, 6.45) is 2.20. The van der Waals surface area contributed by atoms with Crippen LogP contribution in [0, 0.1) is 5.92 Å². The average Bonchev–Trinajstić information content (AvgIpc) is 2.46. The Bertz CT molecular complexity index is 509. The van der Waals surface area contributed by atoms with Crippen molar-refractivity contribution in [2.24, 2.45) is 5.92 Å². The van der Waals surface area contributed by atoms with Crippen molar-refractivity contribution >= 4 is 10.8 Å². The monoisotopic (exact) mass is 257 g/mol. The summed E-state index contributed by atoms with van der Waals surface area (Å²) in [6.45, 7) is 4.31. The van der Waals surface area contributed by atoms with Gasteiger partial charge in [0.15, 0.2) is 0 Å². The van der Waals surface area contributed by atoms with Gasteiger partial charge < -0.3 is 10.4 Å². The van der Waals surface area contributed by atoms with Gasteiger partial charge in [-0.1, -0.05) is 43.3 Å². The predicted octanol–water partition coefficient (Wildman–Crippen LogP) is 3.34. The van der Waals surface area contributed by atoms with Crippen molar-refractivity contribution in [3.8, 4) is 0 Å². The molecule has 2 N–H and O–H groups in total. The fourth-order valence-corrected chi connectivity index (χ4v) is 2.25. The Labute approximate surface area is 115 Å². The van der Waals surface area contributed by atoms with Crippen LogP contribution < -0.4 is 5.32 Å². The minimum atomic E-state index is 0.296. The second-order valence-electron chi connectivity index (χ2n) is 5.29. The Kier molecular flexibility index (Phi) is 5.37. The molecule has 0 aliphatic heterocycles. The highest BCUT2D eigenvalue weighted by Gasteiger charge is 1.99. The number of hydrogen-bond donors (Lipinski definition) is 2. The second-order valence-corrected chi connectivity index (χ2v) is 5.29. The van der Waals surface area contributed by atoms with Crippen molar-refractivity contribution in [2.45, 2.75) is 26.3 Å². The standard InChI is InChI=1S/C17H23NO/c1-14(13-19)5-4-10-18-12-15-8-9-16-6-2-3-7-17(16)11-15/h2-3,6-9,11,14,18-19H,4-5,10,12-13H2,1H3. The summed E-state index contributed by atoms with van der Waals surface area (Å²) in [4.78, 5) is 0. The average molecular weight is 257 g/mol. The summed E-state index contributed by atoms with van der Waals surface area (Å²) in [6, 6.07) is 15.1. The van der Waals surface area contributed by atoms with Crippen LogP contribution in [0.1, 0.15) is 25.3 Å². The molecule has 2 heteroatoms. The van der Waals surface area contributed by atoms with Crippen molar-refractivity contribution in [3.05, 3.63) is 48.0 Å². The molecule has 19 heavy (non-hydrogen) atoms. The van der Waals surface area contributed by atoms with Gasteiger partial charge >= 0.3 is 0 Å². The number of benzene rings is 2. The van der Waals surface area contributed by atoms with Crippen LogP contribution in [-0.2, 0) is 6.54 Å². The van der Waals surface area contributed by atoms with Crippen molar-refractivity contribution < 1.29 is 5.11 Å². The van der Waals surface area contributed by atoms with Gasteiger partial charge in [-0.15, -0.1) is 0 Å². The number of aliphatic hydroxyl groups excluding tert-OH is 1. The number of aliphatic hydroxyl groups is 1. The van der Waals surface area contributed by atoms with E-state index in [1.165, 1.54) is 16.3 Å². The number of nitrogens with one attached hydrogen (secondary N) is 1. The lowest BCUT2D eigenvalue weighted by Gasteiger charge is -2.09. The van der Waals surface area contributed by atoms with Crippen LogP contribution in [0.4, 0.5) is 0 Å². The van der Waals surface area contributed by atoms with Crippen LogP contribution in [0.3, 0.4) is 0 Å². The molecular formula is C17H23NO. The van der Waals surface area contributed by atoms with E-state index in [4.69, 9.17) is 5.11 Å². The Balaban J connectivity index is 1.78. The minimum Gasteiger partial charge on any atom is -0.396 e. The zero-order valence-electron chi connectivity index (χ0n) is 11.6. The fourth-order valence-electron chi connectivity index (χ4n) is 2.25. The number of fused-ring (bicyclic) bond motifs is 1. The molecule has 0 amide bonds. The fraction of sp³-hybridized carbons (Fsp3) is 0.412. The van der Waals surface area contributed by atoms with Crippen LogP contribution in [0.25, 0.3) is 10.8 Å². The van der Waals surface area contributed by atoms with E-state index in [9.17, 15) is 0 Å². The third kappa shape index (κ3) is 4.34. The van der Waals surface area contributed by atoms with Crippen LogP contribution in [0.5, 0.6) is 0 Å². The highest BCUT2D eigenvalue weighted by Crippen LogP contribution is 2.15. The lowest BCUT2D eigenvalue weighted by Crippen LogP contribution is -2.15. The normalized spacial score (nSPS) is 12.7. The number of rotatable bonds is 7. The maximum Gasteiger partial charge on any atom is 0.0456 e. The van der Waals surface area contributed by atoms with Gasteiger partial charge in [-0.25, -0.2) is 0 Å². The highest BCUT2D eigenvalue weighted by molar-refractivity contribution is 5.82. The first-order valence-electron chi connectivity index (χ1n) is 7.09. The lowest BCUT2D eigenvalue weighted by atomic mass is 10.1. The van der Waals surface area contributed by atoms with E-state index >= 15 is 0 Å². The van der Waals surface area contributed by atoms with Crippen molar-refractivity contribution in [1.29, 1.82) is 0 Å². The lowest BCUT2D eigenvalue weighted by molar-refractivity contribution is 0.228. The van der Waals surface area contributed by atoms with Gasteiger partial charge in [0.2, 0.25) is 0 Å². The molecule has 2 aromatic carbocycles. The highest BCUT2D eigenvalue weighted by atomic mass is 16.3. The van der Waals surface area contributed by atoms with Crippen LogP contribution in [0.15, 0.2) is 42.5 Å². The molecule has 102 valence electrons. The summed E-state index contributed by atoms with van der Waals surface area (Å²) in [7, 11) is 0. The largest absolute Gasteiger partial charge is 0.396 e. The van der Waals surface area contributed by atoms with Gasteiger partial charge in [-0.05, 0) is 47.7 Å². The first-order valence-corrected chi connectivity index (χ1v) is 7.09. The third-order valence-corrected chi connectivity index (χ3v) is 3.51. The van der Waals surface area contributed by atoms with Gasteiger partial charge in [-0.3, -0.25) is 0 Å². The molecule has 0 radical (unpaired) electrons. The summed E-state index contributed by atoms with van der Waals surface area (Å²) >= 11 is 0.